The summed E-state index contributed by atoms with van der Waals surface area (Å²) >= 11 is 1.37. The molecule has 8 heteroatoms. The van der Waals surface area contributed by atoms with Crippen molar-refractivity contribution in [1.29, 1.82) is 0 Å². The molecule has 0 spiro atoms. The molecule has 0 radical (unpaired) electrons. The fourth-order valence-corrected chi connectivity index (χ4v) is 4.41. The minimum absolute atomic E-state index is 0.231. The van der Waals surface area contributed by atoms with E-state index in [0.717, 1.165) is 44.1 Å². The Labute approximate surface area is 185 Å². The number of carbonyl (C=O) groups is 1. The summed E-state index contributed by atoms with van der Waals surface area (Å²) < 4.78 is 13.8. The van der Waals surface area contributed by atoms with Crippen LogP contribution in [0.1, 0.15) is 33.5 Å². The van der Waals surface area contributed by atoms with Gasteiger partial charge in [0.1, 0.15) is 17.3 Å². The lowest BCUT2D eigenvalue weighted by Gasteiger charge is -2.34. The molecule has 0 unspecified atom stereocenters. The van der Waals surface area contributed by atoms with Crippen molar-refractivity contribution in [1.82, 2.24) is 20.2 Å². The predicted octanol–water partition coefficient (Wildman–Crippen LogP) is 3.34. The van der Waals surface area contributed by atoms with E-state index in [2.05, 4.69) is 32.0 Å². The molecule has 2 aromatic heterocycles. The Morgan fingerprint density at radius 1 is 1.19 bits per heavy atom. The van der Waals surface area contributed by atoms with Crippen LogP contribution >= 0.6 is 11.3 Å². The molecule has 0 saturated carbocycles. The number of benzene rings is 1. The standard InChI is InChI=1S/C23H26FN5OS/c1-2-28-9-11-29(12-10-28)21-13-17(7-8-25-21)15-26-23(30)20-16-31-22(27-20)14-18-5-3-4-6-19(18)24/h3-8,13,16H,2,9-12,14-15H2,1H3,(H,26,30). The zero-order valence-electron chi connectivity index (χ0n) is 17.6. The van der Waals surface area contributed by atoms with Crippen molar-refractivity contribution >= 4 is 23.1 Å². The highest BCUT2D eigenvalue weighted by Gasteiger charge is 2.17. The zero-order chi connectivity index (χ0) is 21.6. The largest absolute Gasteiger partial charge is 0.354 e. The second kappa shape index (κ2) is 9.98. The van der Waals surface area contributed by atoms with Gasteiger partial charge in [0.05, 0.1) is 5.01 Å². The molecule has 1 N–H and O–H groups in total. The quantitative estimate of drug-likeness (QED) is 0.612. The molecule has 0 bridgehead atoms. The van der Waals surface area contributed by atoms with Gasteiger partial charge in [-0.15, -0.1) is 11.3 Å². The number of halogens is 1. The van der Waals surface area contributed by atoms with Crippen LogP contribution in [0.5, 0.6) is 0 Å². The number of likely N-dealkylation sites (N-methyl/N-ethyl adjacent to an activating group) is 1. The number of pyridine rings is 1. The van der Waals surface area contributed by atoms with Gasteiger partial charge in [0, 0.05) is 50.7 Å². The fraction of sp³-hybridized carbons (Fsp3) is 0.348. The third-order valence-corrected chi connectivity index (χ3v) is 6.34. The Morgan fingerprint density at radius 2 is 2.00 bits per heavy atom. The number of nitrogens with one attached hydrogen (secondary N) is 1. The first-order chi connectivity index (χ1) is 15.1. The maximum absolute atomic E-state index is 13.8. The summed E-state index contributed by atoms with van der Waals surface area (Å²) in [5.74, 6) is 0.461. The van der Waals surface area contributed by atoms with Gasteiger partial charge in [-0.05, 0) is 35.9 Å². The lowest BCUT2D eigenvalue weighted by molar-refractivity contribution is 0.0946. The van der Waals surface area contributed by atoms with Crippen molar-refractivity contribution in [3.05, 3.63) is 75.6 Å². The van der Waals surface area contributed by atoms with Gasteiger partial charge in [-0.1, -0.05) is 25.1 Å². The van der Waals surface area contributed by atoms with Crippen molar-refractivity contribution in [2.24, 2.45) is 0 Å². The van der Waals surface area contributed by atoms with Crippen LogP contribution in [0.2, 0.25) is 0 Å². The molecular weight excluding hydrogens is 413 g/mol. The minimum Gasteiger partial charge on any atom is -0.354 e. The van der Waals surface area contributed by atoms with Gasteiger partial charge < -0.3 is 15.1 Å². The van der Waals surface area contributed by atoms with E-state index in [1.807, 2.05) is 12.1 Å². The maximum atomic E-state index is 13.8. The SMILES string of the molecule is CCN1CCN(c2cc(CNC(=O)c3csc(Cc4ccccc4F)n3)ccn2)CC1. The number of aromatic nitrogens is 2. The van der Waals surface area contributed by atoms with Crippen molar-refractivity contribution < 1.29 is 9.18 Å². The molecule has 1 fully saturated rings. The van der Waals surface area contributed by atoms with E-state index in [1.54, 1.807) is 29.8 Å². The molecule has 1 aliphatic heterocycles. The van der Waals surface area contributed by atoms with Gasteiger partial charge in [0.25, 0.3) is 5.91 Å². The first-order valence-corrected chi connectivity index (χ1v) is 11.4. The van der Waals surface area contributed by atoms with Crippen molar-refractivity contribution in [3.63, 3.8) is 0 Å². The third kappa shape index (κ3) is 5.45. The minimum atomic E-state index is -0.256. The van der Waals surface area contributed by atoms with Gasteiger partial charge >= 0.3 is 0 Å². The molecule has 0 aliphatic carbocycles. The molecule has 3 aromatic rings. The number of anilines is 1. The number of rotatable bonds is 7. The highest BCUT2D eigenvalue weighted by molar-refractivity contribution is 7.09. The van der Waals surface area contributed by atoms with E-state index in [0.29, 0.717) is 29.2 Å². The molecule has 4 rings (SSSR count). The summed E-state index contributed by atoms with van der Waals surface area (Å²) in [5, 5.41) is 5.36. The maximum Gasteiger partial charge on any atom is 0.271 e. The number of thiazole rings is 1. The van der Waals surface area contributed by atoms with E-state index in [1.165, 1.54) is 17.4 Å². The van der Waals surface area contributed by atoms with Crippen LogP contribution in [0, 0.1) is 5.82 Å². The summed E-state index contributed by atoms with van der Waals surface area (Å²) in [7, 11) is 0. The predicted molar refractivity (Wildman–Crippen MR) is 121 cm³/mol. The average Bonchev–Trinajstić information content (AvgIpc) is 3.28. The monoisotopic (exact) mass is 439 g/mol. The van der Waals surface area contributed by atoms with Crippen LogP contribution in [-0.2, 0) is 13.0 Å². The summed E-state index contributed by atoms with van der Waals surface area (Å²) in [4.78, 5) is 26.1. The molecule has 1 aliphatic rings. The molecule has 0 atom stereocenters. The van der Waals surface area contributed by atoms with Crippen LogP contribution in [0.3, 0.4) is 0 Å². The van der Waals surface area contributed by atoms with Crippen LogP contribution in [-0.4, -0.2) is 53.5 Å². The average molecular weight is 440 g/mol. The smallest absolute Gasteiger partial charge is 0.271 e. The molecule has 6 nitrogen and oxygen atoms in total. The Bertz CT molecular complexity index is 1030. The molecule has 162 valence electrons. The van der Waals surface area contributed by atoms with Gasteiger partial charge in [-0.25, -0.2) is 14.4 Å². The van der Waals surface area contributed by atoms with E-state index >= 15 is 0 Å². The molecule has 1 saturated heterocycles. The summed E-state index contributed by atoms with van der Waals surface area (Å²) in [6.45, 7) is 7.66. The first kappa shape index (κ1) is 21.4. The second-order valence-corrected chi connectivity index (χ2v) is 8.46. The van der Waals surface area contributed by atoms with Crippen molar-refractivity contribution in [2.75, 3.05) is 37.6 Å². The Hall–Kier alpha value is -2.84. The summed E-state index contributed by atoms with van der Waals surface area (Å²) in [6.07, 6.45) is 2.17. The Balaban J connectivity index is 1.33. The van der Waals surface area contributed by atoms with Gasteiger partial charge in [-0.2, -0.15) is 0 Å². The third-order valence-electron chi connectivity index (χ3n) is 5.49. The number of hydrogen-bond donors (Lipinski definition) is 1. The molecule has 1 amide bonds. The lowest BCUT2D eigenvalue weighted by Crippen LogP contribution is -2.46. The van der Waals surface area contributed by atoms with Crippen LogP contribution in [0.15, 0.2) is 48.0 Å². The number of amides is 1. The van der Waals surface area contributed by atoms with Crippen molar-refractivity contribution in [2.45, 2.75) is 19.9 Å². The van der Waals surface area contributed by atoms with Crippen molar-refractivity contribution in [3.8, 4) is 0 Å². The number of hydrogen-bond acceptors (Lipinski definition) is 6. The van der Waals surface area contributed by atoms with E-state index in [-0.39, 0.29) is 11.7 Å². The van der Waals surface area contributed by atoms with E-state index in [4.69, 9.17) is 0 Å². The van der Waals surface area contributed by atoms with E-state index in [9.17, 15) is 9.18 Å². The summed E-state index contributed by atoms with van der Waals surface area (Å²) in [6, 6.07) is 10.6. The lowest BCUT2D eigenvalue weighted by atomic mass is 10.1. The first-order valence-electron chi connectivity index (χ1n) is 10.5. The topological polar surface area (TPSA) is 61.4 Å². The van der Waals surface area contributed by atoms with Gasteiger partial charge in [-0.3, -0.25) is 4.79 Å². The number of carbonyl (C=O) groups excluding carboxylic acids is 1. The van der Waals surface area contributed by atoms with Crippen LogP contribution in [0.4, 0.5) is 10.2 Å². The fourth-order valence-electron chi connectivity index (χ4n) is 3.61. The molecular formula is C23H26FN5OS. The van der Waals surface area contributed by atoms with Gasteiger partial charge in [0.15, 0.2) is 0 Å². The molecule has 3 heterocycles. The number of piperazine rings is 1. The normalized spacial score (nSPS) is 14.6. The van der Waals surface area contributed by atoms with E-state index < -0.39 is 0 Å². The second-order valence-electron chi connectivity index (χ2n) is 7.52. The Kier molecular flexibility index (Phi) is 6.89. The zero-order valence-corrected chi connectivity index (χ0v) is 18.4. The highest BCUT2D eigenvalue weighted by Crippen LogP contribution is 2.18. The van der Waals surface area contributed by atoms with Crippen LogP contribution < -0.4 is 10.2 Å². The highest BCUT2D eigenvalue weighted by atomic mass is 32.1. The van der Waals surface area contributed by atoms with Gasteiger partial charge in [0.2, 0.25) is 0 Å². The molecule has 1 aromatic carbocycles. The summed E-state index contributed by atoms with van der Waals surface area (Å²) in [5.41, 5.74) is 1.94. The molecule has 31 heavy (non-hydrogen) atoms. The Morgan fingerprint density at radius 3 is 2.77 bits per heavy atom. The number of nitrogens with zero attached hydrogens (tertiary/aromatic N) is 4. The van der Waals surface area contributed by atoms with Crippen LogP contribution in [0.25, 0.3) is 0 Å².